The number of para-hydroxylation sites is 1. The Labute approximate surface area is 176 Å². The molecule has 0 aromatic heterocycles. The molecule has 29 heavy (non-hydrogen) atoms. The van der Waals surface area contributed by atoms with Crippen LogP contribution < -0.4 is 9.91 Å². The Morgan fingerprint density at radius 3 is 2.55 bits per heavy atom. The van der Waals surface area contributed by atoms with E-state index in [4.69, 9.17) is 27.9 Å². The number of rotatable bonds is 4. The topological polar surface area (TPSA) is 79.3 Å². The second-order valence-electron chi connectivity index (χ2n) is 6.42. The molecule has 0 saturated carbocycles. The van der Waals surface area contributed by atoms with E-state index in [1.807, 2.05) is 0 Å². The maximum Gasteiger partial charge on any atom is 0.355 e. The SMILES string of the molecule is CCOC(=O)C1=NN(c2cccc(Cl)c2)[C@@H]2C(=O)N(c3ccccc3Cl)C(=O)[C@H]12. The van der Waals surface area contributed by atoms with E-state index in [2.05, 4.69) is 5.10 Å². The zero-order valence-corrected chi connectivity index (χ0v) is 16.7. The van der Waals surface area contributed by atoms with Crippen molar-refractivity contribution in [3.8, 4) is 0 Å². The lowest BCUT2D eigenvalue weighted by atomic mass is 9.98. The highest BCUT2D eigenvalue weighted by Gasteiger charge is 2.59. The number of imide groups is 1. The van der Waals surface area contributed by atoms with Crippen LogP contribution in [0.15, 0.2) is 53.6 Å². The number of benzene rings is 2. The summed E-state index contributed by atoms with van der Waals surface area (Å²) in [7, 11) is 0. The molecule has 4 rings (SSSR count). The molecule has 2 heterocycles. The summed E-state index contributed by atoms with van der Waals surface area (Å²) in [5.41, 5.74) is 0.617. The molecular formula is C20H15Cl2N3O4. The van der Waals surface area contributed by atoms with Gasteiger partial charge < -0.3 is 4.74 Å². The Hall–Kier alpha value is -2.90. The van der Waals surface area contributed by atoms with Crippen molar-refractivity contribution in [2.75, 3.05) is 16.5 Å². The summed E-state index contributed by atoms with van der Waals surface area (Å²) in [5, 5.41) is 6.29. The Balaban J connectivity index is 1.82. The molecule has 2 atom stereocenters. The van der Waals surface area contributed by atoms with Crippen LogP contribution in [0, 0.1) is 5.92 Å². The van der Waals surface area contributed by atoms with Crippen LogP contribution in [0.4, 0.5) is 11.4 Å². The molecule has 2 amide bonds. The third kappa shape index (κ3) is 3.16. The quantitative estimate of drug-likeness (QED) is 0.547. The van der Waals surface area contributed by atoms with E-state index < -0.39 is 29.7 Å². The van der Waals surface area contributed by atoms with Crippen molar-refractivity contribution in [2.45, 2.75) is 13.0 Å². The minimum atomic E-state index is -1.10. The highest BCUT2D eigenvalue weighted by Crippen LogP contribution is 2.40. The van der Waals surface area contributed by atoms with E-state index in [-0.39, 0.29) is 23.0 Å². The number of carbonyl (C=O) groups excluding carboxylic acids is 3. The average Bonchev–Trinajstić information content (AvgIpc) is 3.20. The molecule has 9 heteroatoms. The van der Waals surface area contributed by atoms with Gasteiger partial charge in [-0.1, -0.05) is 41.4 Å². The first-order valence-corrected chi connectivity index (χ1v) is 9.62. The fourth-order valence-electron chi connectivity index (χ4n) is 3.49. The summed E-state index contributed by atoms with van der Waals surface area (Å²) in [6, 6.07) is 12.2. The van der Waals surface area contributed by atoms with Crippen LogP contribution >= 0.6 is 23.2 Å². The van der Waals surface area contributed by atoms with E-state index in [0.29, 0.717) is 10.7 Å². The van der Waals surface area contributed by atoms with Gasteiger partial charge in [-0.3, -0.25) is 14.6 Å². The zero-order valence-electron chi connectivity index (χ0n) is 15.2. The van der Waals surface area contributed by atoms with Crippen LogP contribution in [-0.4, -0.2) is 36.1 Å². The first-order valence-electron chi connectivity index (χ1n) is 8.86. The van der Waals surface area contributed by atoms with Gasteiger partial charge >= 0.3 is 5.97 Å². The number of esters is 1. The molecule has 0 radical (unpaired) electrons. The number of ether oxygens (including phenoxy) is 1. The van der Waals surface area contributed by atoms with E-state index in [9.17, 15) is 14.4 Å². The van der Waals surface area contributed by atoms with Gasteiger partial charge in [-0.05, 0) is 37.3 Å². The molecule has 0 spiro atoms. The fraction of sp³-hybridized carbons (Fsp3) is 0.200. The highest BCUT2D eigenvalue weighted by molar-refractivity contribution is 6.48. The van der Waals surface area contributed by atoms with Gasteiger partial charge in [0.25, 0.3) is 5.91 Å². The van der Waals surface area contributed by atoms with Crippen LogP contribution in [0.5, 0.6) is 0 Å². The molecule has 2 aliphatic rings. The minimum Gasteiger partial charge on any atom is -0.461 e. The van der Waals surface area contributed by atoms with E-state index in [1.54, 1.807) is 55.5 Å². The fourth-order valence-corrected chi connectivity index (χ4v) is 3.90. The molecule has 2 aromatic rings. The second kappa shape index (κ2) is 7.50. The van der Waals surface area contributed by atoms with Crippen LogP contribution in [0.2, 0.25) is 10.0 Å². The van der Waals surface area contributed by atoms with Gasteiger partial charge in [0.15, 0.2) is 5.71 Å². The highest BCUT2D eigenvalue weighted by atomic mass is 35.5. The van der Waals surface area contributed by atoms with Crippen molar-refractivity contribution in [1.29, 1.82) is 0 Å². The summed E-state index contributed by atoms with van der Waals surface area (Å²) in [4.78, 5) is 40.0. The number of hydrogen-bond donors (Lipinski definition) is 0. The van der Waals surface area contributed by atoms with Crippen molar-refractivity contribution in [3.05, 3.63) is 58.6 Å². The van der Waals surface area contributed by atoms with Gasteiger partial charge in [-0.15, -0.1) is 0 Å². The molecule has 1 saturated heterocycles. The Morgan fingerprint density at radius 2 is 1.86 bits per heavy atom. The van der Waals surface area contributed by atoms with Crippen molar-refractivity contribution in [1.82, 2.24) is 0 Å². The van der Waals surface area contributed by atoms with Crippen LogP contribution in [0.1, 0.15) is 6.92 Å². The number of anilines is 2. The Kier molecular flexibility index (Phi) is 5.02. The second-order valence-corrected chi connectivity index (χ2v) is 7.26. The van der Waals surface area contributed by atoms with Crippen LogP contribution in [0.25, 0.3) is 0 Å². The summed E-state index contributed by atoms with van der Waals surface area (Å²) in [6.45, 7) is 1.76. The van der Waals surface area contributed by atoms with E-state index in [1.165, 1.54) is 5.01 Å². The number of amides is 2. The molecule has 7 nitrogen and oxygen atoms in total. The molecule has 0 unspecified atom stereocenters. The standard InChI is InChI=1S/C20H15Cl2N3O4/c1-2-29-20(28)16-15-17(25(23-16)12-7-5-6-11(21)10-12)19(27)24(18(15)26)14-9-4-3-8-13(14)22/h3-10,15,17H,2H2,1H3/t15-,17+/m1/s1. The van der Waals surface area contributed by atoms with Crippen molar-refractivity contribution >= 4 is 58.1 Å². The molecule has 2 aromatic carbocycles. The maximum absolute atomic E-state index is 13.3. The largest absolute Gasteiger partial charge is 0.461 e. The van der Waals surface area contributed by atoms with Crippen molar-refractivity contribution < 1.29 is 19.1 Å². The number of hydrazone groups is 1. The molecule has 0 aliphatic carbocycles. The number of halogens is 2. The molecule has 2 aliphatic heterocycles. The number of carbonyl (C=O) groups is 3. The zero-order chi connectivity index (χ0) is 20.7. The van der Waals surface area contributed by atoms with Crippen LogP contribution in [-0.2, 0) is 19.1 Å². The lowest BCUT2D eigenvalue weighted by Crippen LogP contribution is -2.39. The van der Waals surface area contributed by atoms with Gasteiger partial charge in [0.1, 0.15) is 12.0 Å². The van der Waals surface area contributed by atoms with Crippen molar-refractivity contribution in [2.24, 2.45) is 11.0 Å². The molecule has 0 N–H and O–H groups in total. The normalized spacial score (nSPS) is 20.7. The third-order valence-corrected chi connectivity index (χ3v) is 5.25. The van der Waals surface area contributed by atoms with E-state index in [0.717, 1.165) is 4.90 Å². The number of nitrogens with zero attached hydrogens (tertiary/aromatic N) is 3. The lowest BCUT2D eigenvalue weighted by Gasteiger charge is -2.22. The smallest absolute Gasteiger partial charge is 0.355 e. The lowest BCUT2D eigenvalue weighted by molar-refractivity contribution is -0.136. The van der Waals surface area contributed by atoms with Gasteiger partial charge in [0, 0.05) is 5.02 Å². The number of hydrogen-bond acceptors (Lipinski definition) is 6. The maximum atomic E-state index is 13.3. The number of fused-ring (bicyclic) bond motifs is 1. The van der Waals surface area contributed by atoms with Gasteiger partial charge in [0.05, 0.1) is 23.0 Å². The van der Waals surface area contributed by atoms with Crippen LogP contribution in [0.3, 0.4) is 0 Å². The summed E-state index contributed by atoms with van der Waals surface area (Å²) >= 11 is 12.3. The predicted octanol–water partition coefficient (Wildman–Crippen LogP) is 3.29. The summed E-state index contributed by atoms with van der Waals surface area (Å²) in [5.74, 6) is -2.95. The molecular weight excluding hydrogens is 417 g/mol. The Morgan fingerprint density at radius 1 is 1.10 bits per heavy atom. The van der Waals surface area contributed by atoms with Gasteiger partial charge in [-0.25, -0.2) is 9.69 Å². The first kappa shape index (κ1) is 19.4. The predicted molar refractivity (Wildman–Crippen MR) is 109 cm³/mol. The molecule has 1 fully saturated rings. The molecule has 0 bridgehead atoms. The minimum absolute atomic E-state index is 0.114. The van der Waals surface area contributed by atoms with Gasteiger partial charge in [-0.2, -0.15) is 5.10 Å². The van der Waals surface area contributed by atoms with E-state index >= 15 is 0 Å². The first-order chi connectivity index (χ1) is 13.9. The summed E-state index contributed by atoms with van der Waals surface area (Å²) in [6.07, 6.45) is 0. The monoisotopic (exact) mass is 431 g/mol. The Bertz CT molecular complexity index is 1060. The van der Waals surface area contributed by atoms with Crippen molar-refractivity contribution in [3.63, 3.8) is 0 Å². The third-order valence-electron chi connectivity index (χ3n) is 4.70. The van der Waals surface area contributed by atoms with Gasteiger partial charge in [0.2, 0.25) is 5.91 Å². The molecule has 148 valence electrons. The summed E-state index contributed by atoms with van der Waals surface area (Å²) < 4.78 is 5.06. The average molecular weight is 432 g/mol.